The summed E-state index contributed by atoms with van der Waals surface area (Å²) in [4.78, 5) is 14.3. The topological polar surface area (TPSA) is 69.7 Å². The maximum Gasteiger partial charge on any atom is 0.251 e. The van der Waals surface area contributed by atoms with Crippen LogP contribution < -0.4 is 5.32 Å². The molecule has 0 radical (unpaired) electrons. The van der Waals surface area contributed by atoms with Gasteiger partial charge in [0.2, 0.25) is 10.0 Å². The molecule has 2 aromatic rings. The van der Waals surface area contributed by atoms with Crippen LogP contribution in [-0.4, -0.2) is 62.8 Å². The molecule has 0 bridgehead atoms. The van der Waals surface area contributed by atoms with Crippen LogP contribution in [0.25, 0.3) is 0 Å². The summed E-state index contributed by atoms with van der Waals surface area (Å²) >= 11 is 0. The Hall–Kier alpha value is -2.36. The highest BCUT2D eigenvalue weighted by Crippen LogP contribution is 2.17. The maximum absolute atomic E-state index is 13.2. The molecule has 0 saturated carbocycles. The van der Waals surface area contributed by atoms with Crippen LogP contribution in [0.4, 0.5) is 8.78 Å². The number of hydrogen-bond acceptors (Lipinski definition) is 4. The van der Waals surface area contributed by atoms with E-state index in [1.165, 1.54) is 10.4 Å². The summed E-state index contributed by atoms with van der Waals surface area (Å²) in [5.74, 6) is -2.55. The lowest BCUT2D eigenvalue weighted by atomic mass is 10.2. The molecule has 0 atom stereocenters. The predicted molar refractivity (Wildman–Crippen MR) is 100 cm³/mol. The Labute approximate surface area is 162 Å². The predicted octanol–water partition coefficient (Wildman–Crippen LogP) is 1.70. The van der Waals surface area contributed by atoms with Crippen molar-refractivity contribution in [1.29, 1.82) is 0 Å². The van der Waals surface area contributed by atoms with Gasteiger partial charge in [-0.3, -0.25) is 9.69 Å². The second-order valence-corrected chi connectivity index (χ2v) is 8.38. The summed E-state index contributed by atoms with van der Waals surface area (Å²) in [6, 6.07) is 11.3. The van der Waals surface area contributed by atoms with Crippen molar-refractivity contribution in [2.45, 2.75) is 4.90 Å². The number of sulfonamides is 1. The molecular formula is C19H21F2N3O3S. The van der Waals surface area contributed by atoms with Gasteiger partial charge in [0.05, 0.1) is 4.90 Å². The smallest absolute Gasteiger partial charge is 0.251 e. The molecule has 1 aliphatic heterocycles. The molecule has 1 heterocycles. The van der Waals surface area contributed by atoms with E-state index in [9.17, 15) is 22.0 Å². The van der Waals surface area contributed by atoms with Crippen molar-refractivity contribution in [2.75, 3.05) is 39.3 Å². The summed E-state index contributed by atoms with van der Waals surface area (Å²) in [6.45, 7) is 2.70. The van der Waals surface area contributed by atoms with Crippen LogP contribution in [0.3, 0.4) is 0 Å². The normalized spacial score (nSPS) is 16.1. The molecule has 3 rings (SSSR count). The third-order valence-electron chi connectivity index (χ3n) is 4.61. The van der Waals surface area contributed by atoms with Crippen LogP contribution in [-0.2, 0) is 10.0 Å². The van der Waals surface area contributed by atoms with Crippen molar-refractivity contribution >= 4 is 15.9 Å². The summed E-state index contributed by atoms with van der Waals surface area (Å²) in [7, 11) is -3.49. The monoisotopic (exact) mass is 409 g/mol. The molecule has 2 aromatic carbocycles. The minimum atomic E-state index is -3.49. The summed E-state index contributed by atoms with van der Waals surface area (Å²) in [5.41, 5.74) is 0.0534. The number of benzene rings is 2. The van der Waals surface area contributed by atoms with Gasteiger partial charge in [-0.25, -0.2) is 17.2 Å². The lowest BCUT2D eigenvalue weighted by Gasteiger charge is -2.33. The highest BCUT2D eigenvalue weighted by Gasteiger charge is 2.28. The fraction of sp³-hybridized carbons (Fsp3) is 0.316. The molecule has 9 heteroatoms. The minimum Gasteiger partial charge on any atom is -0.351 e. The summed E-state index contributed by atoms with van der Waals surface area (Å²) in [5, 5.41) is 2.66. The molecule has 0 spiro atoms. The average Bonchev–Trinajstić information content (AvgIpc) is 2.71. The number of carbonyl (C=O) groups excluding carboxylic acids is 1. The Balaban J connectivity index is 1.46. The van der Waals surface area contributed by atoms with Crippen molar-refractivity contribution in [1.82, 2.24) is 14.5 Å². The number of piperazine rings is 1. The summed E-state index contributed by atoms with van der Waals surface area (Å²) < 4.78 is 52.8. The van der Waals surface area contributed by atoms with Crippen molar-refractivity contribution < 1.29 is 22.0 Å². The van der Waals surface area contributed by atoms with E-state index in [0.717, 1.165) is 12.1 Å². The standard InChI is InChI=1S/C19H21F2N3O3S/c20-17-7-6-15(14-18(17)21)19(25)22-8-9-23-10-12-24(13-11-23)28(26,27)16-4-2-1-3-5-16/h1-7,14H,8-13H2,(H,22,25). The SMILES string of the molecule is O=C(NCCN1CCN(S(=O)(=O)c2ccccc2)CC1)c1ccc(F)c(F)c1. The fourth-order valence-electron chi connectivity index (χ4n) is 3.00. The maximum atomic E-state index is 13.2. The number of amides is 1. The van der Waals surface area contributed by atoms with Crippen molar-refractivity contribution in [3.05, 3.63) is 65.7 Å². The van der Waals surface area contributed by atoms with Crippen molar-refractivity contribution in [2.24, 2.45) is 0 Å². The zero-order chi connectivity index (χ0) is 20.1. The number of nitrogens with zero attached hydrogens (tertiary/aromatic N) is 2. The molecule has 0 unspecified atom stereocenters. The molecular weight excluding hydrogens is 388 g/mol. The van der Waals surface area contributed by atoms with Crippen molar-refractivity contribution in [3.8, 4) is 0 Å². The van der Waals surface area contributed by atoms with E-state index < -0.39 is 27.6 Å². The van der Waals surface area contributed by atoms with Gasteiger partial charge in [0.25, 0.3) is 5.91 Å². The van der Waals surface area contributed by atoms with Gasteiger partial charge in [-0.2, -0.15) is 4.31 Å². The van der Waals surface area contributed by atoms with Crippen LogP contribution >= 0.6 is 0 Å². The molecule has 1 fully saturated rings. The number of hydrogen-bond donors (Lipinski definition) is 1. The van der Waals surface area contributed by atoms with Crippen LogP contribution in [0.15, 0.2) is 53.4 Å². The van der Waals surface area contributed by atoms with E-state index in [2.05, 4.69) is 5.32 Å². The highest BCUT2D eigenvalue weighted by molar-refractivity contribution is 7.89. The van der Waals surface area contributed by atoms with Gasteiger partial charge < -0.3 is 5.32 Å². The zero-order valence-corrected chi connectivity index (χ0v) is 16.0. The quantitative estimate of drug-likeness (QED) is 0.789. The third kappa shape index (κ3) is 4.73. The number of carbonyl (C=O) groups is 1. The van der Waals surface area contributed by atoms with Crippen LogP contribution in [0.2, 0.25) is 0 Å². The molecule has 1 saturated heterocycles. The van der Waals surface area contributed by atoms with Crippen LogP contribution in [0.1, 0.15) is 10.4 Å². The Morgan fingerprint density at radius 2 is 1.64 bits per heavy atom. The lowest BCUT2D eigenvalue weighted by Crippen LogP contribution is -2.50. The Kier molecular flexibility index (Phi) is 6.38. The molecule has 150 valence electrons. The van der Waals surface area contributed by atoms with Crippen LogP contribution in [0.5, 0.6) is 0 Å². The number of halogens is 2. The van der Waals surface area contributed by atoms with Gasteiger partial charge >= 0.3 is 0 Å². The zero-order valence-electron chi connectivity index (χ0n) is 15.1. The number of nitrogens with one attached hydrogen (secondary N) is 1. The van der Waals surface area contributed by atoms with Gasteiger partial charge in [0.15, 0.2) is 11.6 Å². The van der Waals surface area contributed by atoms with E-state index in [4.69, 9.17) is 0 Å². The second kappa shape index (κ2) is 8.76. The Bertz CT molecular complexity index is 931. The molecule has 1 amide bonds. The van der Waals surface area contributed by atoms with Gasteiger partial charge in [-0.05, 0) is 30.3 Å². The van der Waals surface area contributed by atoms with Crippen LogP contribution in [0, 0.1) is 11.6 Å². The van der Waals surface area contributed by atoms with Crippen molar-refractivity contribution in [3.63, 3.8) is 0 Å². The molecule has 6 nitrogen and oxygen atoms in total. The average molecular weight is 409 g/mol. The van der Waals surface area contributed by atoms with Gasteiger partial charge in [-0.15, -0.1) is 0 Å². The largest absolute Gasteiger partial charge is 0.351 e. The van der Waals surface area contributed by atoms with Gasteiger partial charge in [-0.1, -0.05) is 18.2 Å². The minimum absolute atomic E-state index is 0.0534. The van der Waals surface area contributed by atoms with Gasteiger partial charge in [0.1, 0.15) is 0 Å². The Morgan fingerprint density at radius 3 is 2.29 bits per heavy atom. The first kappa shape index (κ1) is 20.4. The second-order valence-electron chi connectivity index (χ2n) is 6.44. The molecule has 28 heavy (non-hydrogen) atoms. The molecule has 1 N–H and O–H groups in total. The molecule has 0 aliphatic carbocycles. The van der Waals surface area contributed by atoms with E-state index in [-0.39, 0.29) is 10.5 Å². The number of rotatable bonds is 6. The van der Waals surface area contributed by atoms with Gasteiger partial charge in [0, 0.05) is 44.8 Å². The first-order valence-electron chi connectivity index (χ1n) is 8.89. The fourth-order valence-corrected chi connectivity index (χ4v) is 4.45. The van der Waals surface area contributed by atoms with E-state index in [0.29, 0.717) is 39.3 Å². The highest BCUT2D eigenvalue weighted by atomic mass is 32.2. The van der Waals surface area contributed by atoms with E-state index in [1.807, 2.05) is 4.90 Å². The first-order valence-corrected chi connectivity index (χ1v) is 10.3. The molecule has 0 aromatic heterocycles. The van der Waals surface area contributed by atoms with E-state index in [1.54, 1.807) is 30.3 Å². The third-order valence-corrected chi connectivity index (χ3v) is 6.52. The van der Waals surface area contributed by atoms with E-state index >= 15 is 0 Å². The summed E-state index contributed by atoms with van der Waals surface area (Å²) in [6.07, 6.45) is 0. The first-order chi connectivity index (χ1) is 13.4. The Morgan fingerprint density at radius 1 is 0.964 bits per heavy atom. The molecule has 1 aliphatic rings. The lowest BCUT2D eigenvalue weighted by molar-refractivity contribution is 0.0944.